The fourth-order valence-corrected chi connectivity index (χ4v) is 4.71. The van der Waals surface area contributed by atoms with Crippen molar-refractivity contribution in [2.75, 3.05) is 19.6 Å². The lowest BCUT2D eigenvalue weighted by Crippen LogP contribution is -2.47. The van der Waals surface area contributed by atoms with Gasteiger partial charge < -0.3 is 9.88 Å². The van der Waals surface area contributed by atoms with E-state index in [0.29, 0.717) is 12.0 Å². The highest BCUT2D eigenvalue weighted by Gasteiger charge is 2.37. The van der Waals surface area contributed by atoms with Crippen LogP contribution in [0.5, 0.6) is 0 Å². The van der Waals surface area contributed by atoms with Gasteiger partial charge in [-0.1, -0.05) is 0 Å². The quantitative estimate of drug-likeness (QED) is 0.931. The van der Waals surface area contributed by atoms with Gasteiger partial charge in [-0.25, -0.2) is 4.98 Å². The molecule has 5 heterocycles. The first-order valence-corrected chi connectivity index (χ1v) is 9.55. The summed E-state index contributed by atoms with van der Waals surface area (Å²) in [7, 11) is 0. The fraction of sp³-hybridized carbons (Fsp3) is 0.556. The lowest BCUT2D eigenvalue weighted by molar-refractivity contribution is 0.0585. The second-order valence-corrected chi connectivity index (χ2v) is 8.28. The number of carbonyl (C=O) groups is 1. The van der Waals surface area contributed by atoms with Crippen LogP contribution in [-0.4, -0.2) is 51.4 Å². The summed E-state index contributed by atoms with van der Waals surface area (Å²) < 4.78 is 0. The molecule has 0 saturated carbocycles. The third-order valence-corrected chi connectivity index (χ3v) is 6.20. The van der Waals surface area contributed by atoms with E-state index in [1.165, 1.54) is 11.3 Å². The topological polar surface area (TPSA) is 52.2 Å². The predicted octanol–water partition coefficient (Wildman–Crippen LogP) is 2.82. The maximum Gasteiger partial charge on any atom is 0.255 e. The van der Waals surface area contributed by atoms with E-state index in [1.807, 2.05) is 11.4 Å². The van der Waals surface area contributed by atoms with Crippen LogP contribution in [0.3, 0.4) is 0 Å². The molecule has 2 aromatic rings. The highest BCUT2D eigenvalue weighted by molar-refractivity contribution is 7.10. The summed E-state index contributed by atoms with van der Waals surface area (Å²) in [6, 6.07) is 2.35. The molecule has 0 aliphatic carbocycles. The first-order chi connectivity index (χ1) is 11.6. The summed E-state index contributed by atoms with van der Waals surface area (Å²) in [5, 5.41) is 2.00. The zero-order valence-corrected chi connectivity index (χ0v) is 15.1. The van der Waals surface area contributed by atoms with E-state index in [0.717, 1.165) is 49.6 Å². The van der Waals surface area contributed by atoms with Gasteiger partial charge in [0.25, 0.3) is 5.91 Å². The largest absolute Gasteiger partial charge is 0.348 e. The molecule has 5 rings (SSSR count). The number of amides is 1. The van der Waals surface area contributed by atoms with Crippen molar-refractivity contribution in [3.8, 4) is 0 Å². The van der Waals surface area contributed by atoms with Crippen molar-refractivity contribution in [2.45, 2.75) is 39.3 Å². The summed E-state index contributed by atoms with van der Waals surface area (Å²) in [4.78, 5) is 26.3. The molecule has 3 fully saturated rings. The Labute approximate surface area is 146 Å². The summed E-state index contributed by atoms with van der Waals surface area (Å²) in [5.74, 6) is 0.790. The number of thiophene rings is 1. The number of piperidine rings is 1. The van der Waals surface area contributed by atoms with Crippen LogP contribution in [0.25, 0.3) is 0 Å². The Balaban J connectivity index is 1.50. The highest BCUT2D eigenvalue weighted by atomic mass is 32.1. The maximum absolute atomic E-state index is 12.9. The van der Waals surface area contributed by atoms with Crippen LogP contribution in [0.1, 0.15) is 39.5 Å². The number of aryl methyl sites for hydroxylation is 2. The Morgan fingerprint density at radius 3 is 2.92 bits per heavy atom. The Bertz CT molecular complexity index is 737. The summed E-state index contributed by atoms with van der Waals surface area (Å²) in [5.41, 5.74) is 3.13. The van der Waals surface area contributed by atoms with Gasteiger partial charge in [0.1, 0.15) is 0 Å². The van der Waals surface area contributed by atoms with Crippen molar-refractivity contribution >= 4 is 17.2 Å². The average Bonchev–Trinajstić information content (AvgIpc) is 3.06. The number of hydrogen-bond donors (Lipinski definition) is 1. The normalized spacial score (nSPS) is 24.3. The average molecular weight is 344 g/mol. The maximum atomic E-state index is 12.9. The number of fused-ring (bicyclic) bond motifs is 4. The molecule has 3 saturated heterocycles. The third-order valence-electron chi connectivity index (χ3n) is 5.34. The van der Waals surface area contributed by atoms with Crippen molar-refractivity contribution in [1.82, 2.24) is 19.8 Å². The van der Waals surface area contributed by atoms with Crippen molar-refractivity contribution < 1.29 is 4.79 Å². The van der Waals surface area contributed by atoms with E-state index >= 15 is 0 Å². The SMILES string of the molecule is Cc1cc(C(=O)N2CC3CCC2CN(Cc2nc[nH]c2C)C3)cs1. The first kappa shape index (κ1) is 15.8. The number of aromatic nitrogens is 2. The number of carbonyl (C=O) groups excluding carboxylic acids is 1. The molecule has 0 radical (unpaired) electrons. The Morgan fingerprint density at radius 1 is 1.33 bits per heavy atom. The fourth-order valence-electron chi connectivity index (χ4n) is 4.04. The van der Waals surface area contributed by atoms with Crippen LogP contribution < -0.4 is 0 Å². The summed E-state index contributed by atoms with van der Waals surface area (Å²) in [6.45, 7) is 7.93. The van der Waals surface area contributed by atoms with Gasteiger partial charge in [-0.15, -0.1) is 11.3 Å². The van der Waals surface area contributed by atoms with Gasteiger partial charge in [0, 0.05) is 48.2 Å². The molecule has 2 atom stereocenters. The standard InChI is InChI=1S/C18H24N4OS/c1-12-5-15(10-24-12)18(23)22-7-14-3-4-16(22)8-21(6-14)9-17-13(2)19-11-20-17/h5,10-11,14,16H,3-4,6-9H2,1-2H3,(H,19,20). The number of nitrogens with zero attached hydrogens (tertiary/aromatic N) is 3. The van der Waals surface area contributed by atoms with Crippen LogP contribution in [-0.2, 0) is 6.54 Å². The van der Waals surface area contributed by atoms with Gasteiger partial charge >= 0.3 is 0 Å². The zero-order chi connectivity index (χ0) is 16.7. The van der Waals surface area contributed by atoms with Crippen LogP contribution in [0.2, 0.25) is 0 Å². The lowest BCUT2D eigenvalue weighted by Gasteiger charge is -2.36. The number of imidazole rings is 1. The first-order valence-electron chi connectivity index (χ1n) is 8.67. The minimum atomic E-state index is 0.215. The van der Waals surface area contributed by atoms with E-state index in [4.69, 9.17) is 0 Å². The zero-order valence-electron chi connectivity index (χ0n) is 14.3. The Hall–Kier alpha value is -1.66. The number of rotatable bonds is 3. The van der Waals surface area contributed by atoms with Gasteiger partial charge in [-0.2, -0.15) is 0 Å². The van der Waals surface area contributed by atoms with Gasteiger partial charge in [0.05, 0.1) is 17.6 Å². The molecule has 0 spiro atoms. The van der Waals surface area contributed by atoms with Crippen LogP contribution in [0, 0.1) is 19.8 Å². The molecule has 0 aromatic carbocycles. The smallest absolute Gasteiger partial charge is 0.255 e. The van der Waals surface area contributed by atoms with Gasteiger partial charge in [-0.3, -0.25) is 9.69 Å². The van der Waals surface area contributed by atoms with Crippen molar-refractivity contribution in [1.29, 1.82) is 0 Å². The Kier molecular flexibility index (Phi) is 4.18. The molecule has 5 nitrogen and oxygen atoms in total. The molecule has 2 aromatic heterocycles. The van der Waals surface area contributed by atoms with E-state index in [9.17, 15) is 4.79 Å². The molecule has 6 heteroatoms. The highest BCUT2D eigenvalue weighted by Crippen LogP contribution is 2.30. The molecule has 1 amide bonds. The number of hydrogen-bond acceptors (Lipinski definition) is 4. The van der Waals surface area contributed by atoms with E-state index in [1.54, 1.807) is 17.7 Å². The van der Waals surface area contributed by atoms with E-state index in [2.05, 4.69) is 33.6 Å². The molecular weight excluding hydrogens is 320 g/mol. The van der Waals surface area contributed by atoms with Gasteiger partial charge in [0.2, 0.25) is 0 Å². The lowest BCUT2D eigenvalue weighted by atomic mass is 9.94. The van der Waals surface area contributed by atoms with Crippen molar-refractivity contribution in [3.05, 3.63) is 39.6 Å². The van der Waals surface area contributed by atoms with Crippen LogP contribution in [0.4, 0.5) is 0 Å². The van der Waals surface area contributed by atoms with E-state index < -0.39 is 0 Å². The molecule has 3 aliphatic rings. The summed E-state index contributed by atoms with van der Waals surface area (Å²) in [6.07, 6.45) is 4.12. The second kappa shape index (κ2) is 6.33. The minimum Gasteiger partial charge on any atom is -0.348 e. The number of nitrogens with one attached hydrogen (secondary N) is 1. The van der Waals surface area contributed by atoms with Crippen molar-refractivity contribution in [2.24, 2.45) is 5.92 Å². The molecule has 3 aliphatic heterocycles. The summed E-state index contributed by atoms with van der Waals surface area (Å²) >= 11 is 1.66. The monoisotopic (exact) mass is 344 g/mol. The van der Waals surface area contributed by atoms with Crippen LogP contribution in [0.15, 0.2) is 17.8 Å². The molecule has 1 N–H and O–H groups in total. The predicted molar refractivity (Wildman–Crippen MR) is 95.2 cm³/mol. The molecule has 2 bridgehead atoms. The van der Waals surface area contributed by atoms with Crippen molar-refractivity contribution in [3.63, 3.8) is 0 Å². The van der Waals surface area contributed by atoms with E-state index in [-0.39, 0.29) is 5.91 Å². The molecule has 24 heavy (non-hydrogen) atoms. The minimum absolute atomic E-state index is 0.215. The molecule has 128 valence electrons. The number of H-pyrrole nitrogens is 1. The molecular formula is C18H24N4OS. The van der Waals surface area contributed by atoms with Gasteiger partial charge in [0.15, 0.2) is 0 Å². The number of aromatic amines is 1. The molecule has 2 unspecified atom stereocenters. The second-order valence-electron chi connectivity index (χ2n) is 7.17. The van der Waals surface area contributed by atoms with Crippen LogP contribution >= 0.6 is 11.3 Å². The Morgan fingerprint density at radius 2 is 2.21 bits per heavy atom. The van der Waals surface area contributed by atoms with Gasteiger partial charge in [-0.05, 0) is 38.7 Å². The third kappa shape index (κ3) is 3.00.